The molecule has 4 rings (SSSR count). The zero-order valence-corrected chi connectivity index (χ0v) is 14.7. The summed E-state index contributed by atoms with van der Waals surface area (Å²) in [5.74, 6) is 1.12. The Hall–Kier alpha value is -1.45. The maximum atomic E-state index is 11.9. The van der Waals surface area contributed by atoms with Crippen molar-refractivity contribution < 1.29 is 4.79 Å². The van der Waals surface area contributed by atoms with Crippen LogP contribution >= 0.6 is 24.0 Å². The summed E-state index contributed by atoms with van der Waals surface area (Å²) in [6.45, 7) is 4.52. The van der Waals surface area contributed by atoms with Crippen LogP contribution in [-0.2, 0) is 11.3 Å². The van der Waals surface area contributed by atoms with Crippen molar-refractivity contribution in [3.05, 3.63) is 12.7 Å². The van der Waals surface area contributed by atoms with E-state index in [-0.39, 0.29) is 41.8 Å². The second kappa shape index (κ2) is 5.98. The number of aromatic nitrogens is 4. The van der Waals surface area contributed by atoms with Crippen LogP contribution in [0.2, 0.25) is 0 Å². The molecule has 0 aromatic carbocycles. The number of nitrogens with zero attached hydrogens (tertiary/aromatic N) is 5. The molecule has 0 saturated carbocycles. The van der Waals surface area contributed by atoms with Crippen LogP contribution in [0.25, 0.3) is 11.2 Å². The molecule has 0 radical (unpaired) electrons. The first kappa shape index (κ1) is 15.4. The van der Waals surface area contributed by atoms with Crippen LogP contribution in [0, 0.1) is 5.92 Å². The van der Waals surface area contributed by atoms with Gasteiger partial charge >= 0.3 is 0 Å². The molecule has 1 amide bonds. The van der Waals surface area contributed by atoms with Gasteiger partial charge in [0, 0.05) is 19.6 Å². The summed E-state index contributed by atoms with van der Waals surface area (Å²) in [6.07, 6.45) is 5.38. The Bertz CT molecular complexity index is 702. The largest absolute Gasteiger partial charge is 0.354 e. The Morgan fingerprint density at radius 3 is 3.05 bits per heavy atom. The third-order valence-electron chi connectivity index (χ3n) is 4.60. The average Bonchev–Trinajstić information content (AvgIpc) is 3.11. The zero-order chi connectivity index (χ0) is 14.4. The topological polar surface area (TPSA) is 75.9 Å². The molecule has 118 valence electrons. The summed E-state index contributed by atoms with van der Waals surface area (Å²) in [6, 6.07) is 0.191. The van der Waals surface area contributed by atoms with Crippen molar-refractivity contribution in [1.82, 2.24) is 24.8 Å². The molecule has 0 aliphatic carbocycles. The lowest BCUT2D eigenvalue weighted by molar-refractivity contribution is -0.122. The number of halogens is 1. The van der Waals surface area contributed by atoms with Crippen LogP contribution in [0.1, 0.15) is 19.8 Å². The van der Waals surface area contributed by atoms with E-state index in [2.05, 4.69) is 32.1 Å². The molecule has 7 nitrogen and oxygen atoms in total. The third-order valence-corrected chi connectivity index (χ3v) is 4.60. The van der Waals surface area contributed by atoms with Crippen molar-refractivity contribution in [2.24, 2.45) is 5.92 Å². The van der Waals surface area contributed by atoms with Crippen LogP contribution in [0.4, 0.5) is 5.82 Å². The lowest BCUT2D eigenvalue weighted by atomic mass is 9.91. The highest BCUT2D eigenvalue weighted by atomic mass is 127. The summed E-state index contributed by atoms with van der Waals surface area (Å²) in [5, 5.41) is 2.98. The van der Waals surface area contributed by atoms with Gasteiger partial charge in [-0.1, -0.05) is 0 Å². The van der Waals surface area contributed by atoms with Gasteiger partial charge in [-0.2, -0.15) is 0 Å². The molecule has 0 spiro atoms. The van der Waals surface area contributed by atoms with Crippen LogP contribution < -0.4 is 10.2 Å². The minimum atomic E-state index is 0. The predicted molar refractivity (Wildman–Crippen MR) is 93.3 cm³/mol. The minimum absolute atomic E-state index is 0. The number of imidazole rings is 1. The van der Waals surface area contributed by atoms with E-state index in [1.54, 1.807) is 6.33 Å². The Labute approximate surface area is 145 Å². The standard InChI is InChI=1S/C14H18N6O.HI/c1-2-19-8-18-11-12(19)16-7-17-13(11)20-5-3-4-9-10(20)6-15-14(9)21;/h7-10H,2-6H2,1H3,(H,15,21);1H/t9-,10-;/m1./s1. The number of piperidine rings is 1. The molecule has 2 atom stereocenters. The van der Waals surface area contributed by atoms with Gasteiger partial charge in [0.05, 0.1) is 18.3 Å². The number of carbonyl (C=O) groups excluding carboxylic acids is 1. The first-order valence-electron chi connectivity index (χ1n) is 7.49. The highest BCUT2D eigenvalue weighted by Gasteiger charge is 2.41. The molecule has 1 N–H and O–H groups in total. The number of anilines is 1. The van der Waals surface area contributed by atoms with Crippen LogP contribution in [-0.4, -0.2) is 44.6 Å². The zero-order valence-electron chi connectivity index (χ0n) is 12.4. The highest BCUT2D eigenvalue weighted by Crippen LogP contribution is 2.33. The average molecular weight is 414 g/mol. The fourth-order valence-corrected chi connectivity index (χ4v) is 3.52. The summed E-state index contributed by atoms with van der Waals surface area (Å²) >= 11 is 0. The van der Waals surface area contributed by atoms with E-state index in [0.29, 0.717) is 6.54 Å². The van der Waals surface area contributed by atoms with Crippen LogP contribution in [0.3, 0.4) is 0 Å². The van der Waals surface area contributed by atoms with Crippen molar-refractivity contribution in [2.75, 3.05) is 18.0 Å². The number of rotatable bonds is 2. The molecule has 2 aliphatic rings. The fraction of sp³-hybridized carbons (Fsp3) is 0.571. The number of aryl methyl sites for hydroxylation is 1. The van der Waals surface area contributed by atoms with Gasteiger partial charge in [-0.25, -0.2) is 15.0 Å². The molecule has 8 heteroatoms. The van der Waals surface area contributed by atoms with Gasteiger partial charge in [-0.15, -0.1) is 24.0 Å². The van der Waals surface area contributed by atoms with Crippen LogP contribution in [0.5, 0.6) is 0 Å². The molecule has 0 unspecified atom stereocenters. The molecule has 2 aromatic rings. The number of fused-ring (bicyclic) bond motifs is 2. The Morgan fingerprint density at radius 1 is 1.36 bits per heavy atom. The molecule has 2 aliphatic heterocycles. The Morgan fingerprint density at radius 2 is 2.23 bits per heavy atom. The lowest BCUT2D eigenvalue weighted by Crippen LogP contribution is -2.46. The SMILES string of the molecule is CCn1cnc2c(N3CCC[C@H]4C(=O)NC[C@H]43)ncnc21.I. The maximum absolute atomic E-state index is 11.9. The molecule has 2 aromatic heterocycles. The van der Waals surface area contributed by atoms with E-state index < -0.39 is 0 Å². The summed E-state index contributed by atoms with van der Waals surface area (Å²) in [4.78, 5) is 27.4. The molecule has 2 fully saturated rings. The second-order valence-corrected chi connectivity index (χ2v) is 5.65. The Kier molecular flexibility index (Phi) is 4.20. The van der Waals surface area contributed by atoms with E-state index in [1.165, 1.54) is 0 Å². The highest BCUT2D eigenvalue weighted by molar-refractivity contribution is 14.0. The molecule has 0 bridgehead atoms. The molecular formula is C14H19IN6O. The summed E-state index contributed by atoms with van der Waals surface area (Å²) < 4.78 is 2.01. The molecule has 4 heterocycles. The third kappa shape index (κ3) is 2.24. The monoisotopic (exact) mass is 414 g/mol. The number of carbonyl (C=O) groups is 1. The van der Waals surface area contributed by atoms with Crippen molar-refractivity contribution in [2.45, 2.75) is 32.4 Å². The van der Waals surface area contributed by atoms with E-state index in [0.717, 1.165) is 42.9 Å². The van der Waals surface area contributed by atoms with Crippen molar-refractivity contribution >= 4 is 46.9 Å². The number of amides is 1. The molecule has 2 saturated heterocycles. The van der Waals surface area contributed by atoms with Gasteiger partial charge in [0.25, 0.3) is 0 Å². The number of nitrogens with one attached hydrogen (secondary N) is 1. The van der Waals surface area contributed by atoms with Gasteiger partial charge in [0.2, 0.25) is 5.91 Å². The normalized spacial score (nSPS) is 24.0. The van der Waals surface area contributed by atoms with E-state index in [9.17, 15) is 4.79 Å². The van der Waals surface area contributed by atoms with Gasteiger partial charge < -0.3 is 14.8 Å². The van der Waals surface area contributed by atoms with Gasteiger partial charge in [0.1, 0.15) is 6.33 Å². The van der Waals surface area contributed by atoms with Crippen molar-refractivity contribution in [1.29, 1.82) is 0 Å². The van der Waals surface area contributed by atoms with Crippen molar-refractivity contribution in [3.63, 3.8) is 0 Å². The fourth-order valence-electron chi connectivity index (χ4n) is 3.52. The predicted octanol–water partition coefficient (Wildman–Crippen LogP) is 1.18. The Balaban J connectivity index is 0.00000144. The first-order chi connectivity index (χ1) is 10.3. The first-order valence-corrected chi connectivity index (χ1v) is 7.49. The smallest absolute Gasteiger partial charge is 0.225 e. The van der Waals surface area contributed by atoms with E-state index >= 15 is 0 Å². The van der Waals surface area contributed by atoms with E-state index in [1.807, 2.05) is 10.9 Å². The maximum Gasteiger partial charge on any atom is 0.225 e. The van der Waals surface area contributed by atoms with E-state index in [4.69, 9.17) is 0 Å². The van der Waals surface area contributed by atoms with Gasteiger partial charge in [-0.3, -0.25) is 4.79 Å². The van der Waals surface area contributed by atoms with Gasteiger partial charge in [-0.05, 0) is 19.8 Å². The quantitative estimate of drug-likeness (QED) is 0.748. The number of hydrogen-bond donors (Lipinski definition) is 1. The molecule has 22 heavy (non-hydrogen) atoms. The minimum Gasteiger partial charge on any atom is -0.354 e. The summed E-state index contributed by atoms with van der Waals surface area (Å²) in [7, 11) is 0. The van der Waals surface area contributed by atoms with Crippen molar-refractivity contribution in [3.8, 4) is 0 Å². The molecular weight excluding hydrogens is 395 g/mol. The van der Waals surface area contributed by atoms with Crippen LogP contribution in [0.15, 0.2) is 12.7 Å². The lowest BCUT2D eigenvalue weighted by Gasteiger charge is -2.36. The number of hydrogen-bond acceptors (Lipinski definition) is 5. The second-order valence-electron chi connectivity index (χ2n) is 5.65. The van der Waals surface area contributed by atoms with Gasteiger partial charge in [0.15, 0.2) is 17.0 Å². The summed E-state index contributed by atoms with van der Waals surface area (Å²) in [5.41, 5.74) is 1.70.